The van der Waals surface area contributed by atoms with Crippen molar-refractivity contribution in [2.45, 2.75) is 19.8 Å². The van der Waals surface area contributed by atoms with Gasteiger partial charge in [0.25, 0.3) is 0 Å². The molecule has 1 N–H and O–H groups in total. The number of anilines is 1. The number of ether oxygens (including phenoxy) is 1. The third-order valence-electron chi connectivity index (χ3n) is 3.54. The summed E-state index contributed by atoms with van der Waals surface area (Å²) in [4.78, 5) is 28.9. The van der Waals surface area contributed by atoms with E-state index in [1.54, 1.807) is 12.1 Å². The predicted molar refractivity (Wildman–Crippen MR) is 96.2 cm³/mol. The van der Waals surface area contributed by atoms with Crippen LogP contribution in [-0.4, -0.2) is 25.8 Å². The number of amides is 2. The van der Waals surface area contributed by atoms with Crippen LogP contribution in [0.15, 0.2) is 54.6 Å². The van der Waals surface area contributed by atoms with Gasteiger partial charge in [0.15, 0.2) is 0 Å². The fourth-order valence-corrected chi connectivity index (χ4v) is 2.11. The molecule has 0 atom stereocenters. The van der Waals surface area contributed by atoms with E-state index >= 15 is 0 Å². The summed E-state index contributed by atoms with van der Waals surface area (Å²) in [5, 5.41) is 0. The SMILES string of the molecule is CCCCN(C(=O)ONC(=O)OC)c1ccccc1.c1cc2cc-2c1. The lowest BCUT2D eigenvalue weighted by atomic mass is 10.2. The molecule has 0 radical (unpaired) electrons. The third kappa shape index (κ3) is 5.84. The molecule has 0 unspecified atom stereocenters. The van der Waals surface area contributed by atoms with Crippen LogP contribution in [0.25, 0.3) is 11.1 Å². The molecule has 0 fully saturated rings. The highest BCUT2D eigenvalue weighted by Gasteiger charge is 2.18. The van der Waals surface area contributed by atoms with Gasteiger partial charge in [-0.3, -0.25) is 4.90 Å². The lowest BCUT2D eigenvalue weighted by molar-refractivity contribution is 0.0769. The second kappa shape index (κ2) is 9.32. The average molecular weight is 342 g/mol. The Morgan fingerprint density at radius 2 is 1.72 bits per heavy atom. The lowest BCUT2D eigenvalue weighted by Gasteiger charge is -2.21. The Morgan fingerprint density at radius 3 is 2.20 bits per heavy atom. The molecule has 1 aromatic carbocycles. The summed E-state index contributed by atoms with van der Waals surface area (Å²) in [5.74, 6) is 0. The summed E-state index contributed by atoms with van der Waals surface area (Å²) in [6.07, 6.45) is 0.311. The molecule has 2 aliphatic carbocycles. The van der Waals surface area contributed by atoms with Crippen molar-refractivity contribution in [3.8, 4) is 11.1 Å². The van der Waals surface area contributed by atoms with E-state index in [9.17, 15) is 9.59 Å². The molecule has 0 aromatic heterocycles. The second-order valence-electron chi connectivity index (χ2n) is 5.38. The molecule has 132 valence electrons. The number of carbonyl (C=O) groups is 2. The maximum atomic E-state index is 11.9. The maximum absolute atomic E-state index is 11.9. The van der Waals surface area contributed by atoms with Crippen LogP contribution >= 0.6 is 0 Å². The van der Waals surface area contributed by atoms with Crippen molar-refractivity contribution in [3.05, 3.63) is 54.6 Å². The Balaban J connectivity index is 0.000000306. The summed E-state index contributed by atoms with van der Waals surface area (Å²) in [6.45, 7) is 2.55. The lowest BCUT2D eigenvalue weighted by Crippen LogP contribution is -2.38. The van der Waals surface area contributed by atoms with Gasteiger partial charge in [-0.1, -0.05) is 49.7 Å². The number of benzene rings is 2. The van der Waals surface area contributed by atoms with Crippen molar-refractivity contribution < 1.29 is 19.2 Å². The van der Waals surface area contributed by atoms with Crippen molar-refractivity contribution >= 4 is 17.9 Å². The first kappa shape index (κ1) is 18.3. The zero-order valence-electron chi connectivity index (χ0n) is 14.4. The second-order valence-corrected chi connectivity index (χ2v) is 5.38. The number of hydroxylamine groups is 1. The molecule has 0 heterocycles. The molecule has 2 aliphatic rings. The van der Waals surface area contributed by atoms with E-state index in [1.165, 1.54) is 23.1 Å². The number of nitrogens with zero attached hydrogens (tertiary/aromatic N) is 1. The molecule has 6 nitrogen and oxygen atoms in total. The summed E-state index contributed by atoms with van der Waals surface area (Å²) in [5.41, 5.74) is 5.47. The van der Waals surface area contributed by atoms with Crippen molar-refractivity contribution in [2.75, 3.05) is 18.6 Å². The van der Waals surface area contributed by atoms with E-state index in [-0.39, 0.29) is 0 Å². The molecule has 0 spiro atoms. The molecule has 3 rings (SSSR count). The molecular weight excluding hydrogens is 320 g/mol. The maximum Gasteiger partial charge on any atom is 0.440 e. The Morgan fingerprint density at radius 1 is 1.04 bits per heavy atom. The highest BCUT2D eigenvalue weighted by Crippen LogP contribution is 2.32. The van der Waals surface area contributed by atoms with Crippen LogP contribution in [0.5, 0.6) is 0 Å². The van der Waals surface area contributed by atoms with Gasteiger partial charge in [0.05, 0.1) is 7.11 Å². The van der Waals surface area contributed by atoms with E-state index in [0.29, 0.717) is 12.2 Å². The summed E-state index contributed by atoms with van der Waals surface area (Å²) < 4.78 is 4.32. The number of hydrogen-bond acceptors (Lipinski definition) is 4. The normalized spacial score (nSPS) is 10.0. The average Bonchev–Trinajstić information content (AvgIpc) is 3.26. The van der Waals surface area contributed by atoms with Crippen molar-refractivity contribution in [3.63, 3.8) is 0 Å². The Bertz CT molecular complexity index is 686. The number of carbonyl (C=O) groups excluding carboxylic acids is 2. The number of nitrogens with one attached hydrogen (secondary N) is 1. The van der Waals surface area contributed by atoms with E-state index in [4.69, 9.17) is 0 Å². The highest BCUT2D eigenvalue weighted by atomic mass is 16.7. The number of para-hydroxylation sites is 1. The largest absolute Gasteiger partial charge is 0.451 e. The zero-order valence-corrected chi connectivity index (χ0v) is 14.4. The topological polar surface area (TPSA) is 67.9 Å². The fraction of sp³-hybridized carbons (Fsp3) is 0.263. The molecule has 0 aliphatic heterocycles. The molecule has 0 saturated carbocycles. The van der Waals surface area contributed by atoms with Gasteiger partial charge >= 0.3 is 12.2 Å². The summed E-state index contributed by atoms with van der Waals surface area (Å²) >= 11 is 0. The smallest absolute Gasteiger partial charge is 0.440 e. The first-order valence-electron chi connectivity index (χ1n) is 8.13. The van der Waals surface area contributed by atoms with E-state index in [2.05, 4.69) is 33.8 Å². The monoisotopic (exact) mass is 342 g/mol. The fourth-order valence-electron chi connectivity index (χ4n) is 2.11. The summed E-state index contributed by atoms with van der Waals surface area (Å²) in [6, 6.07) is 17.6. The van der Waals surface area contributed by atoms with Crippen LogP contribution in [0.2, 0.25) is 0 Å². The summed E-state index contributed by atoms with van der Waals surface area (Å²) in [7, 11) is 1.19. The highest BCUT2D eigenvalue weighted by molar-refractivity contribution is 5.88. The van der Waals surface area contributed by atoms with E-state index in [0.717, 1.165) is 12.8 Å². The molecule has 6 heteroatoms. The quantitative estimate of drug-likeness (QED) is 0.715. The molecule has 0 bridgehead atoms. The first-order valence-corrected chi connectivity index (χ1v) is 8.13. The van der Waals surface area contributed by atoms with E-state index < -0.39 is 12.2 Å². The number of hydrogen-bond donors (Lipinski definition) is 1. The third-order valence-corrected chi connectivity index (χ3v) is 3.54. The molecule has 1 aromatic rings. The number of unbranched alkanes of at least 4 members (excludes halogenated alkanes) is 1. The van der Waals surface area contributed by atoms with Crippen molar-refractivity contribution in [2.24, 2.45) is 0 Å². The van der Waals surface area contributed by atoms with Crippen molar-refractivity contribution in [1.82, 2.24) is 5.48 Å². The molecule has 0 saturated heterocycles. The van der Waals surface area contributed by atoms with Crippen LogP contribution in [0.4, 0.5) is 15.3 Å². The standard InChI is InChI=1S/C13H18N2O4.C6H4/c1-3-4-10-15(11-8-6-5-7-9-11)13(17)19-14-12(16)18-2;1-2-5-4-6(5)3-1/h5-9H,3-4,10H2,1-2H3,(H,14,16);1-4H. The molecular formula is C19H22N2O4. The van der Waals surface area contributed by atoms with Crippen LogP contribution < -0.4 is 10.4 Å². The first-order chi connectivity index (χ1) is 12.2. The van der Waals surface area contributed by atoms with Gasteiger partial charge < -0.3 is 9.57 Å². The van der Waals surface area contributed by atoms with Crippen LogP contribution in [-0.2, 0) is 9.57 Å². The Labute approximate surface area is 147 Å². The number of methoxy groups -OCH3 is 1. The number of rotatable bonds is 4. The van der Waals surface area contributed by atoms with Gasteiger partial charge in [-0.2, -0.15) is 0 Å². The van der Waals surface area contributed by atoms with Crippen LogP contribution in [0, 0.1) is 0 Å². The zero-order chi connectivity index (χ0) is 18.1. The minimum absolute atomic E-state index is 0.516. The van der Waals surface area contributed by atoms with Gasteiger partial charge in [-0.25, -0.2) is 9.59 Å². The van der Waals surface area contributed by atoms with Gasteiger partial charge in [-0.15, -0.1) is 5.48 Å². The van der Waals surface area contributed by atoms with Gasteiger partial charge in [0.2, 0.25) is 0 Å². The van der Waals surface area contributed by atoms with Gasteiger partial charge in [0.1, 0.15) is 0 Å². The molecule has 2 amide bonds. The minimum Gasteiger partial charge on any atom is -0.451 e. The molecule has 25 heavy (non-hydrogen) atoms. The van der Waals surface area contributed by atoms with Gasteiger partial charge in [0, 0.05) is 12.2 Å². The number of fused-ring (bicyclic) bond motifs is 1. The van der Waals surface area contributed by atoms with E-state index in [1.807, 2.05) is 30.6 Å². The Kier molecular flexibility index (Phi) is 6.83. The predicted octanol–water partition coefficient (Wildman–Crippen LogP) is 4.37. The Hall–Kier alpha value is -3.02. The minimum atomic E-state index is -0.822. The van der Waals surface area contributed by atoms with Crippen molar-refractivity contribution in [1.29, 1.82) is 0 Å². The van der Waals surface area contributed by atoms with Crippen LogP contribution in [0.3, 0.4) is 0 Å². The van der Waals surface area contributed by atoms with Gasteiger partial charge in [-0.05, 0) is 35.7 Å². The van der Waals surface area contributed by atoms with Crippen LogP contribution in [0.1, 0.15) is 19.8 Å².